The Kier molecular flexibility index (Phi) is 5.17. The van der Waals surface area contributed by atoms with Crippen molar-refractivity contribution in [2.45, 2.75) is 12.8 Å². The number of ether oxygens (including phenoxy) is 1. The van der Waals surface area contributed by atoms with Gasteiger partial charge >= 0.3 is 6.36 Å². The molecule has 0 atom stereocenters. The van der Waals surface area contributed by atoms with Gasteiger partial charge in [-0.25, -0.2) is 9.37 Å². The normalized spacial score (nSPS) is 11.6. The molecule has 2 heterocycles. The van der Waals surface area contributed by atoms with Gasteiger partial charge in [0.25, 0.3) is 0 Å². The average molecular weight is 435 g/mol. The minimum atomic E-state index is -4.77. The number of halogens is 4. The highest BCUT2D eigenvalue weighted by molar-refractivity contribution is 7.15. The monoisotopic (exact) mass is 435 g/mol. The van der Waals surface area contributed by atoms with E-state index in [0.717, 1.165) is 17.7 Å². The zero-order chi connectivity index (χ0) is 21.3. The number of carbonyl (C=O) groups excluding carboxylic acids is 1. The maximum Gasteiger partial charge on any atom is 0.573 e. The number of nitrogens with one attached hydrogen (secondary N) is 1. The minimum Gasteiger partial charge on any atom is -0.406 e. The van der Waals surface area contributed by atoms with Gasteiger partial charge in [-0.3, -0.25) is 9.20 Å². The van der Waals surface area contributed by atoms with Crippen molar-refractivity contribution in [2.75, 3.05) is 5.32 Å². The smallest absolute Gasteiger partial charge is 0.406 e. The Bertz CT molecular complexity index is 1180. The molecule has 0 unspecified atom stereocenters. The number of hydrogen-bond donors (Lipinski definition) is 1. The van der Waals surface area contributed by atoms with Crippen LogP contribution in [0.5, 0.6) is 5.75 Å². The van der Waals surface area contributed by atoms with Crippen LogP contribution in [0.25, 0.3) is 16.2 Å². The van der Waals surface area contributed by atoms with Gasteiger partial charge in [-0.15, -0.1) is 24.5 Å². The SMILES string of the molecule is O=C(Cc1csc2nc(-c3ccc(F)cc3)cn12)Nc1ccc(OC(F)(F)F)cc1. The summed E-state index contributed by atoms with van der Waals surface area (Å²) in [7, 11) is 0. The van der Waals surface area contributed by atoms with Gasteiger partial charge in [-0.2, -0.15) is 0 Å². The number of rotatable bonds is 5. The van der Waals surface area contributed by atoms with E-state index >= 15 is 0 Å². The number of alkyl halides is 3. The molecule has 0 spiro atoms. The molecule has 154 valence electrons. The number of aromatic nitrogens is 2. The third kappa shape index (κ3) is 4.60. The van der Waals surface area contributed by atoms with Crippen LogP contribution in [0.3, 0.4) is 0 Å². The molecule has 4 aromatic rings. The van der Waals surface area contributed by atoms with Crippen LogP contribution in [0.15, 0.2) is 60.1 Å². The number of thiazole rings is 1. The van der Waals surface area contributed by atoms with Crippen LogP contribution in [0.4, 0.5) is 23.2 Å². The van der Waals surface area contributed by atoms with E-state index in [-0.39, 0.29) is 23.9 Å². The lowest BCUT2D eigenvalue weighted by molar-refractivity contribution is -0.274. The fourth-order valence-electron chi connectivity index (χ4n) is 2.83. The number of nitrogens with zero attached hydrogens (tertiary/aromatic N) is 2. The average Bonchev–Trinajstić information content (AvgIpc) is 3.25. The van der Waals surface area contributed by atoms with E-state index in [2.05, 4.69) is 15.0 Å². The van der Waals surface area contributed by atoms with Gasteiger partial charge in [0.1, 0.15) is 11.6 Å². The number of imidazole rings is 1. The van der Waals surface area contributed by atoms with Crippen molar-refractivity contribution in [3.63, 3.8) is 0 Å². The van der Waals surface area contributed by atoms with Gasteiger partial charge in [0.15, 0.2) is 4.96 Å². The lowest BCUT2D eigenvalue weighted by Crippen LogP contribution is -2.17. The highest BCUT2D eigenvalue weighted by Gasteiger charge is 2.31. The Morgan fingerprint density at radius 3 is 2.47 bits per heavy atom. The predicted octanol–water partition coefficient (Wildman–Crippen LogP) is 5.28. The van der Waals surface area contributed by atoms with Crippen LogP contribution < -0.4 is 10.1 Å². The van der Waals surface area contributed by atoms with Crippen LogP contribution in [-0.2, 0) is 11.2 Å². The third-order valence-electron chi connectivity index (χ3n) is 4.14. The van der Waals surface area contributed by atoms with E-state index in [9.17, 15) is 22.4 Å². The van der Waals surface area contributed by atoms with E-state index in [1.807, 2.05) is 0 Å². The summed E-state index contributed by atoms with van der Waals surface area (Å²) in [6.07, 6.45) is -2.96. The summed E-state index contributed by atoms with van der Waals surface area (Å²) < 4.78 is 55.3. The summed E-state index contributed by atoms with van der Waals surface area (Å²) in [6, 6.07) is 10.8. The first-order valence-electron chi connectivity index (χ1n) is 8.64. The number of carbonyl (C=O) groups is 1. The van der Waals surface area contributed by atoms with Gasteiger partial charge in [-0.1, -0.05) is 0 Å². The van der Waals surface area contributed by atoms with Gasteiger partial charge < -0.3 is 10.1 Å². The second-order valence-electron chi connectivity index (χ2n) is 6.31. The molecule has 0 fully saturated rings. The molecular formula is C20H13F4N3O2S. The maximum absolute atomic E-state index is 13.1. The second kappa shape index (κ2) is 7.79. The predicted molar refractivity (Wildman–Crippen MR) is 104 cm³/mol. The molecule has 1 N–H and O–H groups in total. The quantitative estimate of drug-likeness (QED) is 0.434. The van der Waals surface area contributed by atoms with Gasteiger partial charge in [-0.05, 0) is 48.5 Å². The van der Waals surface area contributed by atoms with Crippen LogP contribution >= 0.6 is 11.3 Å². The van der Waals surface area contributed by atoms with Gasteiger partial charge in [0.05, 0.1) is 12.1 Å². The number of benzene rings is 2. The molecule has 0 saturated carbocycles. The van der Waals surface area contributed by atoms with Crippen molar-refractivity contribution in [2.24, 2.45) is 0 Å². The molecule has 5 nitrogen and oxygen atoms in total. The molecule has 0 aliphatic carbocycles. The standard InChI is InChI=1S/C20H13F4N3O2S/c21-13-3-1-12(2-4-13)17-10-27-15(11-30-19(27)26-17)9-18(28)25-14-5-7-16(8-6-14)29-20(22,23)24/h1-8,10-11H,9H2,(H,25,28). The fraction of sp³-hybridized carbons (Fsp3) is 0.100. The second-order valence-corrected chi connectivity index (χ2v) is 7.15. The summed E-state index contributed by atoms with van der Waals surface area (Å²) in [5.41, 5.74) is 2.46. The molecule has 4 rings (SSSR count). The van der Waals surface area contributed by atoms with Crippen molar-refractivity contribution in [3.05, 3.63) is 71.6 Å². The van der Waals surface area contributed by atoms with E-state index in [1.54, 1.807) is 28.1 Å². The first kappa shape index (κ1) is 19.9. The zero-order valence-corrected chi connectivity index (χ0v) is 15.9. The molecule has 10 heteroatoms. The number of anilines is 1. The Hall–Kier alpha value is -3.40. The third-order valence-corrected chi connectivity index (χ3v) is 5.03. The summed E-state index contributed by atoms with van der Waals surface area (Å²) >= 11 is 1.36. The van der Waals surface area contributed by atoms with Crippen LogP contribution in [0.2, 0.25) is 0 Å². The van der Waals surface area contributed by atoms with E-state index in [1.165, 1.54) is 35.6 Å². The lowest BCUT2D eigenvalue weighted by Gasteiger charge is -2.10. The van der Waals surface area contributed by atoms with Gasteiger partial charge in [0.2, 0.25) is 5.91 Å². The molecular weight excluding hydrogens is 422 g/mol. The van der Waals surface area contributed by atoms with E-state index in [4.69, 9.17) is 0 Å². The molecule has 1 amide bonds. The molecule has 0 bridgehead atoms. The highest BCUT2D eigenvalue weighted by Crippen LogP contribution is 2.26. The summed E-state index contributed by atoms with van der Waals surface area (Å²) in [4.78, 5) is 17.5. The van der Waals surface area contributed by atoms with Crippen molar-refractivity contribution in [1.29, 1.82) is 0 Å². The molecule has 0 aliphatic rings. The van der Waals surface area contributed by atoms with E-state index < -0.39 is 6.36 Å². The van der Waals surface area contributed by atoms with E-state index in [0.29, 0.717) is 22.0 Å². The van der Waals surface area contributed by atoms with Crippen molar-refractivity contribution < 1.29 is 27.1 Å². The Morgan fingerprint density at radius 1 is 1.10 bits per heavy atom. The minimum absolute atomic E-state index is 0.0417. The van der Waals surface area contributed by atoms with Crippen molar-refractivity contribution in [1.82, 2.24) is 9.38 Å². The summed E-state index contributed by atoms with van der Waals surface area (Å²) in [5, 5.41) is 4.44. The summed E-state index contributed by atoms with van der Waals surface area (Å²) in [5.74, 6) is -1.04. The molecule has 0 radical (unpaired) electrons. The topological polar surface area (TPSA) is 55.6 Å². The van der Waals surface area contributed by atoms with Gasteiger partial charge in [0, 0.05) is 28.5 Å². The molecule has 2 aromatic carbocycles. The first-order chi connectivity index (χ1) is 14.3. The van der Waals surface area contributed by atoms with Crippen molar-refractivity contribution in [3.8, 4) is 17.0 Å². The zero-order valence-electron chi connectivity index (χ0n) is 15.1. The highest BCUT2D eigenvalue weighted by atomic mass is 32.1. The molecule has 30 heavy (non-hydrogen) atoms. The Labute approximate surface area is 171 Å². The Balaban J connectivity index is 1.45. The van der Waals surface area contributed by atoms with Crippen LogP contribution in [0, 0.1) is 5.82 Å². The van der Waals surface area contributed by atoms with Crippen LogP contribution in [-0.4, -0.2) is 21.7 Å². The largest absolute Gasteiger partial charge is 0.573 e. The van der Waals surface area contributed by atoms with Crippen molar-refractivity contribution >= 4 is 27.9 Å². The fourth-order valence-corrected chi connectivity index (χ4v) is 3.70. The lowest BCUT2D eigenvalue weighted by atomic mass is 10.2. The number of amides is 1. The Morgan fingerprint density at radius 2 is 1.80 bits per heavy atom. The maximum atomic E-state index is 13.1. The number of hydrogen-bond acceptors (Lipinski definition) is 4. The molecule has 0 saturated heterocycles. The van der Waals surface area contributed by atoms with Crippen LogP contribution in [0.1, 0.15) is 5.69 Å². The summed E-state index contributed by atoms with van der Waals surface area (Å²) in [6.45, 7) is 0. The number of fused-ring (bicyclic) bond motifs is 1. The first-order valence-corrected chi connectivity index (χ1v) is 9.52. The molecule has 0 aliphatic heterocycles. The molecule has 2 aromatic heterocycles.